The van der Waals surface area contributed by atoms with E-state index in [0.717, 1.165) is 17.2 Å². The Kier molecular flexibility index (Phi) is 4.57. The highest BCUT2D eigenvalue weighted by Gasteiger charge is 2.00. The predicted octanol–water partition coefficient (Wildman–Crippen LogP) is 0.126. The molecule has 0 aliphatic rings. The second kappa shape index (κ2) is 4.99. The van der Waals surface area contributed by atoms with Crippen molar-refractivity contribution in [3.8, 4) is 0 Å². The van der Waals surface area contributed by atoms with E-state index in [1.807, 2.05) is 0 Å². The highest BCUT2D eigenvalue weighted by Crippen LogP contribution is 2.05. The normalized spacial score (nSPS) is 11.1. The zero-order valence-electron chi connectivity index (χ0n) is 4.96. The highest BCUT2D eigenvalue weighted by molar-refractivity contribution is 8.02. The molecule has 0 aliphatic heterocycles. The van der Waals surface area contributed by atoms with Gasteiger partial charge in [0.1, 0.15) is 0 Å². The van der Waals surface area contributed by atoms with Gasteiger partial charge >= 0.3 is 0 Å². The largest absolute Gasteiger partial charge is 0.364 e. The summed E-state index contributed by atoms with van der Waals surface area (Å²) in [6.45, 7) is 0. The van der Waals surface area contributed by atoms with E-state index in [1.54, 1.807) is 0 Å². The Labute approximate surface area is 61.5 Å². The maximum atomic E-state index is 12.1. The number of rotatable bonds is 4. The third kappa shape index (κ3) is 4.08. The molecule has 0 saturated heterocycles. The van der Waals surface area contributed by atoms with Crippen LogP contribution >= 0.6 is 11.8 Å². The summed E-state index contributed by atoms with van der Waals surface area (Å²) in [6.07, 6.45) is 1.51. The van der Waals surface area contributed by atoms with Gasteiger partial charge in [0, 0.05) is 5.41 Å². The van der Waals surface area contributed by atoms with Crippen LogP contribution in [0.3, 0.4) is 0 Å². The number of hydrogen-bond acceptors (Lipinski definition) is 3. The van der Waals surface area contributed by atoms with Crippen molar-refractivity contribution in [1.82, 2.24) is 0 Å². The van der Waals surface area contributed by atoms with Crippen molar-refractivity contribution in [1.29, 1.82) is 0 Å². The monoisotopic (exact) mass is 162 g/mol. The summed E-state index contributed by atoms with van der Waals surface area (Å²) in [7, 11) is 0. The summed E-state index contributed by atoms with van der Waals surface area (Å²) in [4.78, 5) is 19.5. The van der Waals surface area contributed by atoms with Crippen LogP contribution in [-0.4, -0.2) is 17.9 Å². The van der Waals surface area contributed by atoms with Gasteiger partial charge in [-0.3, -0.25) is 9.59 Å². The van der Waals surface area contributed by atoms with E-state index in [9.17, 15) is 14.0 Å². The van der Waals surface area contributed by atoms with Crippen LogP contribution in [0.4, 0.5) is 4.39 Å². The van der Waals surface area contributed by atoms with Gasteiger partial charge in [0.15, 0.2) is 5.83 Å². The lowest BCUT2D eigenvalue weighted by Crippen LogP contribution is -2.10. The lowest BCUT2D eigenvalue weighted by atomic mass is 10.6. The number of amides is 1. The van der Waals surface area contributed by atoms with Gasteiger partial charge < -0.3 is 5.73 Å². The molecule has 0 aromatic carbocycles. The van der Waals surface area contributed by atoms with Gasteiger partial charge in [0.25, 0.3) is 5.91 Å². The first-order valence-corrected chi connectivity index (χ1v) is 3.35. The van der Waals surface area contributed by atoms with Crippen LogP contribution < -0.4 is 5.73 Å². The van der Waals surface area contributed by atoms with Crippen LogP contribution in [-0.2, 0) is 9.59 Å². The van der Waals surface area contributed by atoms with Crippen molar-refractivity contribution >= 4 is 24.0 Å². The summed E-state index contributed by atoms with van der Waals surface area (Å²) < 4.78 is 12.1. The molecule has 1 radical (unpaired) electrons. The standard InChI is InChI=1S/C5H5FNO2S/c6-4(5(7)9)3-10-2-1-8/h3H,2H2,(H2,7,9). The summed E-state index contributed by atoms with van der Waals surface area (Å²) in [5.74, 6) is -2.17. The van der Waals surface area contributed by atoms with Gasteiger partial charge in [0.05, 0.1) is 5.75 Å². The van der Waals surface area contributed by atoms with Crippen LogP contribution in [0.25, 0.3) is 0 Å². The van der Waals surface area contributed by atoms with Crippen molar-refractivity contribution in [3.63, 3.8) is 0 Å². The molecular weight excluding hydrogens is 157 g/mol. The third-order valence-electron chi connectivity index (χ3n) is 0.564. The Bertz CT molecular complexity index is 169. The second-order valence-electron chi connectivity index (χ2n) is 1.29. The molecule has 0 rings (SSSR count). The number of halogens is 1. The number of nitrogens with two attached hydrogens (primary N) is 1. The van der Waals surface area contributed by atoms with Gasteiger partial charge in [0.2, 0.25) is 6.29 Å². The average molecular weight is 162 g/mol. The molecule has 3 nitrogen and oxygen atoms in total. The van der Waals surface area contributed by atoms with Gasteiger partial charge in [-0.1, -0.05) is 0 Å². The summed E-state index contributed by atoms with van der Waals surface area (Å²) in [5.41, 5.74) is 4.52. The maximum Gasteiger partial charge on any atom is 0.277 e. The van der Waals surface area contributed by atoms with E-state index < -0.39 is 11.7 Å². The molecule has 0 atom stereocenters. The Morgan fingerprint density at radius 2 is 2.40 bits per heavy atom. The van der Waals surface area contributed by atoms with E-state index in [0.29, 0.717) is 0 Å². The van der Waals surface area contributed by atoms with Gasteiger partial charge in [-0.15, -0.1) is 11.8 Å². The molecule has 1 amide bonds. The third-order valence-corrected chi connectivity index (χ3v) is 1.22. The number of primary amides is 1. The molecule has 55 valence electrons. The molecule has 0 heterocycles. The Hall–Kier alpha value is -0.840. The van der Waals surface area contributed by atoms with Crippen molar-refractivity contribution in [3.05, 3.63) is 11.2 Å². The average Bonchev–Trinajstić information content (AvgIpc) is 1.88. The quantitative estimate of drug-likeness (QED) is 0.472. The summed E-state index contributed by atoms with van der Waals surface area (Å²) in [5, 5.41) is 0.882. The van der Waals surface area contributed by atoms with Gasteiger partial charge in [-0.25, -0.2) is 4.39 Å². The van der Waals surface area contributed by atoms with E-state index >= 15 is 0 Å². The fourth-order valence-corrected chi connectivity index (χ4v) is 0.621. The van der Waals surface area contributed by atoms with Crippen molar-refractivity contribution in [2.75, 3.05) is 5.75 Å². The van der Waals surface area contributed by atoms with E-state index in [1.165, 1.54) is 6.29 Å². The van der Waals surface area contributed by atoms with E-state index in [2.05, 4.69) is 5.73 Å². The Morgan fingerprint density at radius 1 is 1.80 bits per heavy atom. The molecule has 5 heteroatoms. The maximum absolute atomic E-state index is 12.1. The summed E-state index contributed by atoms with van der Waals surface area (Å²) >= 11 is 0.828. The van der Waals surface area contributed by atoms with Crippen molar-refractivity contribution < 1.29 is 14.0 Å². The van der Waals surface area contributed by atoms with Crippen LogP contribution in [0.2, 0.25) is 0 Å². The lowest BCUT2D eigenvalue weighted by Gasteiger charge is -1.86. The first-order chi connectivity index (χ1) is 4.68. The first-order valence-electron chi connectivity index (χ1n) is 2.30. The minimum Gasteiger partial charge on any atom is -0.364 e. The molecule has 10 heavy (non-hydrogen) atoms. The van der Waals surface area contributed by atoms with Crippen LogP contribution in [0.5, 0.6) is 0 Å². The molecule has 0 aromatic heterocycles. The Balaban J connectivity index is 3.68. The number of carbonyl (C=O) groups is 1. The van der Waals surface area contributed by atoms with Crippen molar-refractivity contribution in [2.45, 2.75) is 0 Å². The second-order valence-corrected chi connectivity index (χ2v) is 2.14. The fraction of sp³-hybridized carbons (Fsp3) is 0.200. The van der Waals surface area contributed by atoms with E-state index in [4.69, 9.17) is 0 Å². The Morgan fingerprint density at radius 3 is 2.80 bits per heavy atom. The molecule has 0 aromatic rings. The minimum absolute atomic E-state index is 0.000694. The van der Waals surface area contributed by atoms with Crippen LogP contribution in [0, 0.1) is 0 Å². The number of thioether (sulfide) groups is 1. The molecule has 0 aliphatic carbocycles. The summed E-state index contributed by atoms with van der Waals surface area (Å²) in [6, 6.07) is 0. The van der Waals surface area contributed by atoms with Gasteiger partial charge in [-0.2, -0.15) is 0 Å². The molecule has 0 bridgehead atoms. The van der Waals surface area contributed by atoms with E-state index in [-0.39, 0.29) is 5.75 Å². The number of hydrogen-bond donors (Lipinski definition) is 1. The predicted molar refractivity (Wildman–Crippen MR) is 36.5 cm³/mol. The first kappa shape index (κ1) is 9.16. The van der Waals surface area contributed by atoms with Crippen LogP contribution in [0.1, 0.15) is 0 Å². The van der Waals surface area contributed by atoms with Crippen molar-refractivity contribution in [2.24, 2.45) is 5.73 Å². The molecule has 0 saturated carbocycles. The van der Waals surface area contributed by atoms with Gasteiger partial charge in [-0.05, 0) is 0 Å². The SMILES string of the molecule is NC(=O)C(F)=CSC[C]=O. The number of carbonyl (C=O) groups excluding carboxylic acids is 2. The van der Waals surface area contributed by atoms with Crippen LogP contribution in [0.15, 0.2) is 11.2 Å². The molecular formula is C5H5FNO2S. The minimum atomic E-state index is -1.13. The topological polar surface area (TPSA) is 60.2 Å². The smallest absolute Gasteiger partial charge is 0.277 e. The highest BCUT2D eigenvalue weighted by atomic mass is 32.2. The zero-order chi connectivity index (χ0) is 7.98. The molecule has 0 fully saturated rings. The fourth-order valence-electron chi connectivity index (χ4n) is 0.207. The zero-order valence-corrected chi connectivity index (χ0v) is 5.78. The molecule has 0 unspecified atom stereocenters. The lowest BCUT2D eigenvalue weighted by molar-refractivity contribution is -0.115. The molecule has 2 N–H and O–H groups in total. The molecule has 0 spiro atoms.